The van der Waals surface area contributed by atoms with E-state index in [1.165, 1.54) is 0 Å². The van der Waals surface area contributed by atoms with Crippen molar-refractivity contribution < 1.29 is 9.15 Å². The Balaban J connectivity index is 1.84. The molecule has 1 fully saturated rings. The number of rotatable bonds is 2. The van der Waals surface area contributed by atoms with Crippen LogP contribution in [0.4, 0.5) is 0 Å². The smallest absolute Gasteiger partial charge is 0.162 e. The first kappa shape index (κ1) is 14.9. The van der Waals surface area contributed by atoms with Gasteiger partial charge >= 0.3 is 0 Å². The summed E-state index contributed by atoms with van der Waals surface area (Å²) >= 11 is 17.5. The molecule has 3 nitrogen and oxygen atoms in total. The van der Waals surface area contributed by atoms with Crippen LogP contribution >= 0.6 is 35.4 Å². The third-order valence-electron chi connectivity index (χ3n) is 3.26. The molecular formula is C15H13Cl2NO2S. The number of hydrogen-bond donors (Lipinski definition) is 0. The lowest BCUT2D eigenvalue weighted by Crippen LogP contribution is -2.40. The molecular weight excluding hydrogens is 329 g/mol. The van der Waals surface area contributed by atoms with E-state index in [-0.39, 0.29) is 0 Å². The summed E-state index contributed by atoms with van der Waals surface area (Å²) in [5.74, 6) is 1.38. The Morgan fingerprint density at radius 3 is 2.38 bits per heavy atom. The SMILES string of the molecule is S=C(c1ccc(-c2cc(Cl)cc(Cl)c2)o1)N1CCOCC1. The van der Waals surface area contributed by atoms with Crippen LogP contribution in [0.3, 0.4) is 0 Å². The standard InChI is InChI=1S/C15H13Cl2NO2S/c16-11-7-10(8-12(17)9-11)13-1-2-14(20-13)15(21)18-3-5-19-6-4-18/h1-2,7-9H,3-6H2. The van der Waals surface area contributed by atoms with Crippen LogP contribution in [0.25, 0.3) is 11.3 Å². The van der Waals surface area contributed by atoms with Crippen molar-refractivity contribution in [3.8, 4) is 11.3 Å². The van der Waals surface area contributed by atoms with Crippen molar-refractivity contribution >= 4 is 40.4 Å². The maximum absolute atomic E-state index is 6.02. The van der Waals surface area contributed by atoms with Crippen molar-refractivity contribution in [2.45, 2.75) is 0 Å². The van der Waals surface area contributed by atoms with Crippen LogP contribution in [0, 0.1) is 0 Å². The van der Waals surface area contributed by atoms with E-state index in [4.69, 9.17) is 44.6 Å². The molecule has 0 N–H and O–H groups in total. The topological polar surface area (TPSA) is 25.6 Å². The second kappa shape index (κ2) is 6.36. The van der Waals surface area contributed by atoms with Crippen LogP contribution in [0.1, 0.15) is 5.76 Å². The van der Waals surface area contributed by atoms with E-state index < -0.39 is 0 Å². The Morgan fingerprint density at radius 2 is 1.71 bits per heavy atom. The summed E-state index contributed by atoms with van der Waals surface area (Å²) in [4.78, 5) is 2.80. The lowest BCUT2D eigenvalue weighted by molar-refractivity contribution is 0.0688. The van der Waals surface area contributed by atoms with E-state index in [1.807, 2.05) is 24.3 Å². The van der Waals surface area contributed by atoms with Gasteiger partial charge in [0.15, 0.2) is 5.76 Å². The maximum Gasteiger partial charge on any atom is 0.162 e. The second-order valence-corrected chi connectivity index (χ2v) is 5.99. The number of nitrogens with zero attached hydrogens (tertiary/aromatic N) is 1. The van der Waals surface area contributed by atoms with Crippen LogP contribution in [0.15, 0.2) is 34.7 Å². The molecule has 1 aliphatic heterocycles. The lowest BCUT2D eigenvalue weighted by Gasteiger charge is -2.28. The highest BCUT2D eigenvalue weighted by Crippen LogP contribution is 2.29. The van der Waals surface area contributed by atoms with Crippen molar-refractivity contribution in [3.63, 3.8) is 0 Å². The minimum absolute atomic E-state index is 0.575. The Labute approximate surface area is 138 Å². The first-order valence-corrected chi connectivity index (χ1v) is 7.73. The fourth-order valence-corrected chi connectivity index (χ4v) is 3.04. The summed E-state index contributed by atoms with van der Waals surface area (Å²) in [5, 5.41) is 1.15. The van der Waals surface area contributed by atoms with Gasteiger partial charge in [0.05, 0.1) is 13.2 Å². The molecule has 0 atom stereocenters. The zero-order valence-electron chi connectivity index (χ0n) is 11.1. The summed E-state index contributed by atoms with van der Waals surface area (Å²) in [7, 11) is 0. The van der Waals surface area contributed by atoms with Gasteiger partial charge in [0.1, 0.15) is 10.7 Å². The van der Waals surface area contributed by atoms with Crippen LogP contribution in [0.5, 0.6) is 0 Å². The van der Waals surface area contributed by atoms with E-state index in [2.05, 4.69) is 4.90 Å². The highest BCUT2D eigenvalue weighted by Gasteiger charge is 2.18. The molecule has 0 amide bonds. The van der Waals surface area contributed by atoms with Gasteiger partial charge in [0.2, 0.25) is 0 Å². The van der Waals surface area contributed by atoms with Gasteiger partial charge in [-0.25, -0.2) is 0 Å². The Bertz CT molecular complexity index is 645. The van der Waals surface area contributed by atoms with E-state index in [1.54, 1.807) is 6.07 Å². The Hall–Kier alpha value is -1.07. The zero-order chi connectivity index (χ0) is 14.8. The van der Waals surface area contributed by atoms with E-state index in [0.29, 0.717) is 39.8 Å². The molecule has 1 aromatic carbocycles. The first-order valence-electron chi connectivity index (χ1n) is 6.57. The molecule has 1 aliphatic rings. The van der Waals surface area contributed by atoms with Gasteiger partial charge in [0, 0.05) is 28.7 Å². The summed E-state index contributed by atoms with van der Waals surface area (Å²) in [6, 6.07) is 9.07. The minimum atomic E-state index is 0.575. The normalized spacial score (nSPS) is 15.2. The van der Waals surface area contributed by atoms with Gasteiger partial charge in [-0.2, -0.15) is 0 Å². The van der Waals surface area contributed by atoms with Gasteiger partial charge in [0.25, 0.3) is 0 Å². The molecule has 3 rings (SSSR count). The number of furan rings is 1. The predicted molar refractivity (Wildman–Crippen MR) is 88.3 cm³/mol. The van der Waals surface area contributed by atoms with Gasteiger partial charge in [-0.3, -0.25) is 0 Å². The number of morpholine rings is 1. The largest absolute Gasteiger partial charge is 0.454 e. The van der Waals surface area contributed by atoms with Crippen molar-refractivity contribution in [2.24, 2.45) is 0 Å². The molecule has 21 heavy (non-hydrogen) atoms. The molecule has 0 saturated carbocycles. The van der Waals surface area contributed by atoms with Crippen LogP contribution in [-0.2, 0) is 4.74 Å². The number of thiocarbonyl (C=S) groups is 1. The maximum atomic E-state index is 6.02. The second-order valence-electron chi connectivity index (χ2n) is 4.73. The summed E-state index contributed by atoms with van der Waals surface area (Å²) < 4.78 is 11.2. The van der Waals surface area contributed by atoms with Crippen LogP contribution in [0.2, 0.25) is 10.0 Å². The molecule has 6 heteroatoms. The Morgan fingerprint density at radius 1 is 1.05 bits per heavy atom. The molecule has 1 aromatic heterocycles. The van der Waals surface area contributed by atoms with Gasteiger partial charge in [-0.15, -0.1) is 0 Å². The monoisotopic (exact) mass is 341 g/mol. The van der Waals surface area contributed by atoms with E-state index in [9.17, 15) is 0 Å². The highest BCUT2D eigenvalue weighted by atomic mass is 35.5. The molecule has 0 spiro atoms. The minimum Gasteiger partial charge on any atom is -0.454 e. The average molecular weight is 342 g/mol. The highest BCUT2D eigenvalue weighted by molar-refractivity contribution is 7.80. The first-order chi connectivity index (χ1) is 10.1. The van der Waals surface area contributed by atoms with Gasteiger partial charge < -0.3 is 14.1 Å². The summed E-state index contributed by atoms with van der Waals surface area (Å²) in [5.41, 5.74) is 0.837. The molecule has 0 aliphatic carbocycles. The third-order valence-corrected chi connectivity index (χ3v) is 4.16. The Kier molecular flexibility index (Phi) is 4.50. The van der Waals surface area contributed by atoms with Gasteiger partial charge in [-0.05, 0) is 30.3 Å². The number of hydrogen-bond acceptors (Lipinski definition) is 3. The van der Waals surface area contributed by atoms with Crippen molar-refractivity contribution in [1.29, 1.82) is 0 Å². The van der Waals surface area contributed by atoms with Crippen LogP contribution in [-0.4, -0.2) is 36.2 Å². The van der Waals surface area contributed by atoms with E-state index >= 15 is 0 Å². The lowest BCUT2D eigenvalue weighted by atomic mass is 10.2. The number of ether oxygens (including phenoxy) is 1. The molecule has 0 radical (unpaired) electrons. The van der Waals surface area contributed by atoms with Crippen molar-refractivity contribution in [3.05, 3.63) is 46.1 Å². The van der Waals surface area contributed by atoms with Crippen LogP contribution < -0.4 is 0 Å². The molecule has 1 saturated heterocycles. The van der Waals surface area contributed by atoms with E-state index in [0.717, 1.165) is 18.7 Å². The average Bonchev–Trinajstić information content (AvgIpc) is 2.96. The fraction of sp³-hybridized carbons (Fsp3) is 0.267. The molecule has 0 bridgehead atoms. The summed E-state index contributed by atoms with van der Waals surface area (Å²) in [6.45, 7) is 2.96. The molecule has 0 unspecified atom stereocenters. The predicted octanol–water partition coefficient (Wildman–Crippen LogP) is 4.26. The fourth-order valence-electron chi connectivity index (χ4n) is 2.23. The molecule has 2 heterocycles. The quantitative estimate of drug-likeness (QED) is 0.762. The van der Waals surface area contributed by atoms with Crippen molar-refractivity contribution in [2.75, 3.05) is 26.3 Å². The number of benzene rings is 1. The summed E-state index contributed by atoms with van der Waals surface area (Å²) in [6.07, 6.45) is 0. The van der Waals surface area contributed by atoms with Crippen molar-refractivity contribution in [1.82, 2.24) is 4.90 Å². The third kappa shape index (κ3) is 3.40. The molecule has 2 aromatic rings. The molecule has 110 valence electrons. The zero-order valence-corrected chi connectivity index (χ0v) is 13.5. The van der Waals surface area contributed by atoms with Gasteiger partial charge in [-0.1, -0.05) is 35.4 Å². The number of halogens is 2.